The van der Waals surface area contributed by atoms with E-state index in [0.29, 0.717) is 24.3 Å². The Morgan fingerprint density at radius 3 is 2.00 bits per heavy atom. The van der Waals surface area contributed by atoms with Crippen LogP contribution in [-0.4, -0.2) is 18.0 Å². The van der Waals surface area contributed by atoms with Crippen molar-refractivity contribution in [1.29, 1.82) is 0 Å². The number of hydrogen-bond acceptors (Lipinski definition) is 2. The molecular weight excluding hydrogens is 248 g/mol. The molecule has 1 amide bonds. The SMILES string of the molecule is CCC(N)(CC)CNC(=O)C(C1CC1)C1CC1.Cl. The van der Waals surface area contributed by atoms with E-state index >= 15 is 0 Å². The summed E-state index contributed by atoms with van der Waals surface area (Å²) in [6.45, 7) is 4.82. The van der Waals surface area contributed by atoms with Crippen LogP contribution in [0.1, 0.15) is 52.4 Å². The second-order valence-electron chi connectivity index (χ2n) is 5.99. The number of carbonyl (C=O) groups excluding carboxylic acids is 1. The fraction of sp³-hybridized carbons (Fsp3) is 0.929. The molecule has 2 rings (SSSR count). The second-order valence-corrected chi connectivity index (χ2v) is 5.99. The van der Waals surface area contributed by atoms with Gasteiger partial charge in [0.15, 0.2) is 0 Å². The van der Waals surface area contributed by atoms with Crippen LogP contribution in [0.2, 0.25) is 0 Å². The van der Waals surface area contributed by atoms with Crippen molar-refractivity contribution >= 4 is 18.3 Å². The van der Waals surface area contributed by atoms with Crippen LogP contribution in [0, 0.1) is 17.8 Å². The van der Waals surface area contributed by atoms with Crippen molar-refractivity contribution in [2.45, 2.75) is 57.9 Å². The van der Waals surface area contributed by atoms with Crippen LogP contribution < -0.4 is 11.1 Å². The fourth-order valence-electron chi connectivity index (χ4n) is 2.60. The zero-order valence-electron chi connectivity index (χ0n) is 11.6. The summed E-state index contributed by atoms with van der Waals surface area (Å²) in [4.78, 5) is 12.2. The lowest BCUT2D eigenvalue weighted by molar-refractivity contribution is -0.126. The van der Waals surface area contributed by atoms with Crippen LogP contribution in [0.15, 0.2) is 0 Å². The second kappa shape index (κ2) is 6.25. The van der Waals surface area contributed by atoms with Gasteiger partial charge in [0.2, 0.25) is 5.91 Å². The van der Waals surface area contributed by atoms with E-state index in [2.05, 4.69) is 19.2 Å². The molecule has 0 unspecified atom stereocenters. The van der Waals surface area contributed by atoms with Crippen LogP contribution in [0.25, 0.3) is 0 Å². The van der Waals surface area contributed by atoms with E-state index in [4.69, 9.17) is 5.73 Å². The summed E-state index contributed by atoms with van der Waals surface area (Å²) in [6.07, 6.45) is 6.85. The summed E-state index contributed by atoms with van der Waals surface area (Å²) >= 11 is 0. The normalized spacial score (nSPS) is 19.6. The maximum Gasteiger partial charge on any atom is 0.223 e. The summed E-state index contributed by atoms with van der Waals surface area (Å²) in [5.74, 6) is 1.93. The molecule has 3 nitrogen and oxygen atoms in total. The van der Waals surface area contributed by atoms with E-state index in [9.17, 15) is 4.79 Å². The van der Waals surface area contributed by atoms with E-state index in [1.54, 1.807) is 0 Å². The quantitative estimate of drug-likeness (QED) is 0.749. The number of rotatable bonds is 7. The van der Waals surface area contributed by atoms with E-state index in [1.165, 1.54) is 25.7 Å². The third kappa shape index (κ3) is 3.86. The topological polar surface area (TPSA) is 55.1 Å². The number of amides is 1. The Labute approximate surface area is 117 Å². The minimum atomic E-state index is -0.215. The Bertz CT molecular complexity index is 272. The molecule has 106 valence electrons. The highest BCUT2D eigenvalue weighted by Crippen LogP contribution is 2.49. The van der Waals surface area contributed by atoms with Crippen LogP contribution in [0.3, 0.4) is 0 Å². The predicted molar refractivity (Wildman–Crippen MR) is 76.7 cm³/mol. The van der Waals surface area contributed by atoms with Crippen molar-refractivity contribution in [3.05, 3.63) is 0 Å². The maximum absolute atomic E-state index is 12.2. The van der Waals surface area contributed by atoms with Gasteiger partial charge < -0.3 is 11.1 Å². The van der Waals surface area contributed by atoms with E-state index in [0.717, 1.165) is 12.8 Å². The minimum Gasteiger partial charge on any atom is -0.354 e. The van der Waals surface area contributed by atoms with Crippen molar-refractivity contribution in [2.75, 3.05) is 6.54 Å². The Kier molecular flexibility index (Phi) is 5.47. The molecule has 0 spiro atoms. The molecular formula is C14H27ClN2O. The van der Waals surface area contributed by atoms with Gasteiger partial charge in [-0.25, -0.2) is 0 Å². The molecule has 0 aromatic carbocycles. The van der Waals surface area contributed by atoms with Gasteiger partial charge in [-0.3, -0.25) is 4.79 Å². The van der Waals surface area contributed by atoms with Crippen LogP contribution >= 0.6 is 12.4 Å². The first-order valence-electron chi connectivity index (χ1n) is 7.16. The van der Waals surface area contributed by atoms with E-state index < -0.39 is 0 Å². The van der Waals surface area contributed by atoms with Gasteiger partial charge in [-0.2, -0.15) is 0 Å². The van der Waals surface area contributed by atoms with Crippen molar-refractivity contribution in [3.63, 3.8) is 0 Å². The van der Waals surface area contributed by atoms with Gasteiger partial charge in [-0.15, -0.1) is 12.4 Å². The lowest BCUT2D eigenvalue weighted by atomic mass is 9.92. The third-order valence-corrected chi connectivity index (χ3v) is 4.59. The fourth-order valence-corrected chi connectivity index (χ4v) is 2.60. The Morgan fingerprint density at radius 1 is 1.22 bits per heavy atom. The first-order valence-corrected chi connectivity index (χ1v) is 7.16. The number of nitrogens with one attached hydrogen (secondary N) is 1. The summed E-state index contributed by atoms with van der Waals surface area (Å²) in [5, 5.41) is 3.10. The van der Waals surface area contributed by atoms with Gasteiger partial charge >= 0.3 is 0 Å². The number of carbonyl (C=O) groups is 1. The first kappa shape index (κ1) is 15.8. The lowest BCUT2D eigenvalue weighted by Crippen LogP contribution is -2.50. The summed E-state index contributed by atoms with van der Waals surface area (Å²) in [5.41, 5.74) is 6.00. The molecule has 0 aromatic rings. The maximum atomic E-state index is 12.2. The van der Waals surface area contributed by atoms with Crippen LogP contribution in [-0.2, 0) is 4.79 Å². The largest absolute Gasteiger partial charge is 0.354 e. The molecule has 4 heteroatoms. The molecule has 0 aliphatic heterocycles. The predicted octanol–water partition coefficient (Wildman–Crippen LogP) is 2.48. The standard InChI is InChI=1S/C14H26N2O.ClH/c1-3-14(15,4-2)9-16-13(17)12(10-5-6-10)11-7-8-11;/h10-12H,3-9,15H2,1-2H3,(H,16,17);1H. The van der Waals surface area contributed by atoms with Crippen molar-refractivity contribution in [1.82, 2.24) is 5.32 Å². The molecule has 0 radical (unpaired) electrons. The highest BCUT2D eigenvalue weighted by molar-refractivity contribution is 5.85. The molecule has 0 heterocycles. The van der Waals surface area contributed by atoms with Crippen molar-refractivity contribution in [2.24, 2.45) is 23.5 Å². The molecule has 0 aromatic heterocycles. The molecule has 3 N–H and O–H groups in total. The van der Waals surface area contributed by atoms with Gasteiger partial charge in [-0.05, 0) is 50.4 Å². The highest BCUT2D eigenvalue weighted by Gasteiger charge is 2.45. The zero-order valence-corrected chi connectivity index (χ0v) is 12.4. The molecule has 0 saturated heterocycles. The molecule has 2 aliphatic rings. The van der Waals surface area contributed by atoms with Crippen LogP contribution in [0.4, 0.5) is 0 Å². The Balaban J connectivity index is 0.00000162. The molecule has 2 fully saturated rings. The van der Waals surface area contributed by atoms with Crippen molar-refractivity contribution < 1.29 is 4.79 Å². The van der Waals surface area contributed by atoms with Gasteiger partial charge in [0, 0.05) is 18.0 Å². The number of hydrogen-bond donors (Lipinski definition) is 2. The van der Waals surface area contributed by atoms with Gasteiger partial charge in [-0.1, -0.05) is 13.8 Å². The lowest BCUT2D eigenvalue weighted by Gasteiger charge is -2.28. The van der Waals surface area contributed by atoms with E-state index in [-0.39, 0.29) is 23.9 Å². The molecule has 0 atom stereocenters. The average molecular weight is 275 g/mol. The third-order valence-electron chi connectivity index (χ3n) is 4.59. The van der Waals surface area contributed by atoms with Gasteiger partial charge in [0.05, 0.1) is 0 Å². The summed E-state index contributed by atoms with van der Waals surface area (Å²) in [7, 11) is 0. The molecule has 2 aliphatic carbocycles. The molecule has 0 bridgehead atoms. The first-order chi connectivity index (χ1) is 8.09. The number of nitrogens with two attached hydrogens (primary N) is 1. The Morgan fingerprint density at radius 2 is 1.67 bits per heavy atom. The van der Waals surface area contributed by atoms with Gasteiger partial charge in [0.1, 0.15) is 0 Å². The molecule has 2 saturated carbocycles. The zero-order chi connectivity index (χ0) is 12.5. The summed E-state index contributed by atoms with van der Waals surface area (Å²) < 4.78 is 0. The monoisotopic (exact) mass is 274 g/mol. The average Bonchev–Trinajstić information content (AvgIpc) is 3.19. The number of halogens is 1. The minimum absolute atomic E-state index is 0. The summed E-state index contributed by atoms with van der Waals surface area (Å²) in [6, 6.07) is 0. The highest BCUT2D eigenvalue weighted by atomic mass is 35.5. The van der Waals surface area contributed by atoms with Crippen LogP contribution in [0.5, 0.6) is 0 Å². The smallest absolute Gasteiger partial charge is 0.223 e. The molecule has 18 heavy (non-hydrogen) atoms. The van der Waals surface area contributed by atoms with Crippen molar-refractivity contribution in [3.8, 4) is 0 Å². The van der Waals surface area contributed by atoms with Gasteiger partial charge in [0.25, 0.3) is 0 Å². The Hall–Kier alpha value is -0.280. The van der Waals surface area contributed by atoms with E-state index in [1.807, 2.05) is 0 Å².